The van der Waals surface area contributed by atoms with Crippen LogP contribution in [0.4, 0.5) is 10.5 Å². The number of hydrogen-bond donors (Lipinski definition) is 1. The van der Waals surface area contributed by atoms with Gasteiger partial charge in [-0.25, -0.2) is 9.59 Å². The van der Waals surface area contributed by atoms with Crippen LogP contribution in [-0.4, -0.2) is 37.1 Å². The Kier molecular flexibility index (Phi) is 4.67. The molecule has 2 rings (SSSR count). The average Bonchev–Trinajstić information content (AvgIpc) is 2.73. The van der Waals surface area contributed by atoms with E-state index in [0.717, 1.165) is 5.56 Å². The zero-order chi connectivity index (χ0) is 18.3. The molecule has 0 aliphatic carbocycles. The molecule has 1 aliphatic rings. The molecule has 1 aliphatic heterocycles. The van der Waals surface area contributed by atoms with Crippen molar-refractivity contribution in [2.45, 2.75) is 58.5 Å². The maximum atomic E-state index is 12.5. The number of carbonyl (C=O) groups excluding carboxylic acids is 1. The van der Waals surface area contributed by atoms with Crippen molar-refractivity contribution >= 4 is 26.1 Å². The normalized spacial score (nSPS) is 17.4. The zero-order valence-electron chi connectivity index (χ0n) is 15.0. The molecule has 1 atom stereocenters. The molecule has 1 heterocycles. The van der Waals surface area contributed by atoms with Crippen molar-refractivity contribution in [1.29, 1.82) is 0 Å². The minimum Gasteiger partial charge on any atom is -0.544 e. The summed E-state index contributed by atoms with van der Waals surface area (Å²) in [6.45, 7) is 11.4. The lowest BCUT2D eigenvalue weighted by atomic mass is 10.1. The Bertz CT molecular complexity index is 660. The minimum absolute atomic E-state index is 0.261. The molecule has 6 nitrogen and oxygen atoms in total. The Morgan fingerprint density at radius 2 is 1.88 bits per heavy atom. The number of anilines is 1. The third-order valence-electron chi connectivity index (χ3n) is 3.34. The molecule has 1 N–H and O–H groups in total. The molecular formula is C17H25NO5Si. The second kappa shape index (κ2) is 6.12. The predicted octanol–water partition coefficient (Wildman–Crippen LogP) is 3.65. The molecule has 0 bridgehead atoms. The van der Waals surface area contributed by atoms with E-state index in [-0.39, 0.29) is 6.42 Å². The first-order chi connectivity index (χ1) is 10.9. The second-order valence-corrected chi connectivity index (χ2v) is 12.3. The Labute approximate surface area is 143 Å². The molecule has 24 heavy (non-hydrogen) atoms. The molecule has 132 valence electrons. The summed E-state index contributed by atoms with van der Waals surface area (Å²) in [6, 6.07) is 4.43. The van der Waals surface area contributed by atoms with Gasteiger partial charge in [0.25, 0.3) is 0 Å². The van der Waals surface area contributed by atoms with Crippen LogP contribution in [0.5, 0.6) is 5.75 Å². The van der Waals surface area contributed by atoms with Gasteiger partial charge in [0.1, 0.15) is 17.4 Å². The first kappa shape index (κ1) is 18.3. The van der Waals surface area contributed by atoms with E-state index >= 15 is 0 Å². The van der Waals surface area contributed by atoms with Crippen LogP contribution in [0.1, 0.15) is 26.3 Å². The fourth-order valence-corrected chi connectivity index (χ4v) is 3.39. The van der Waals surface area contributed by atoms with Gasteiger partial charge in [-0.1, -0.05) is 6.07 Å². The van der Waals surface area contributed by atoms with Gasteiger partial charge in [-0.15, -0.1) is 0 Å². The van der Waals surface area contributed by atoms with Crippen LogP contribution in [0.25, 0.3) is 0 Å². The SMILES string of the molecule is CC(C)(C)OC(=O)N1c2cc(O[Si](C)(C)C)ccc2CC1C(=O)O. The number of benzene rings is 1. The topological polar surface area (TPSA) is 76.1 Å². The maximum Gasteiger partial charge on any atom is 0.415 e. The van der Waals surface area contributed by atoms with Gasteiger partial charge in [-0.3, -0.25) is 4.90 Å². The summed E-state index contributed by atoms with van der Waals surface area (Å²) in [5.41, 5.74) is 0.651. The summed E-state index contributed by atoms with van der Waals surface area (Å²) in [4.78, 5) is 25.4. The highest BCUT2D eigenvalue weighted by Gasteiger charge is 2.41. The number of carbonyl (C=O) groups is 2. The van der Waals surface area contributed by atoms with E-state index in [0.29, 0.717) is 11.4 Å². The number of ether oxygens (including phenoxy) is 1. The summed E-state index contributed by atoms with van der Waals surface area (Å²) in [5, 5.41) is 9.48. The van der Waals surface area contributed by atoms with Crippen LogP contribution in [-0.2, 0) is 16.0 Å². The van der Waals surface area contributed by atoms with Crippen LogP contribution in [0, 0.1) is 0 Å². The highest BCUT2D eigenvalue weighted by molar-refractivity contribution is 6.70. The standard InChI is InChI=1S/C17H25NO5Si/c1-17(2,3)22-16(21)18-13-10-12(23-24(4,5)6)8-7-11(13)9-14(18)15(19)20/h7-8,10,14H,9H2,1-6H3,(H,19,20). The molecule has 0 aromatic heterocycles. The van der Waals surface area contributed by atoms with Crippen LogP contribution in [0.3, 0.4) is 0 Å². The molecule has 1 unspecified atom stereocenters. The predicted molar refractivity (Wildman–Crippen MR) is 94.3 cm³/mol. The zero-order valence-corrected chi connectivity index (χ0v) is 16.0. The maximum absolute atomic E-state index is 12.5. The van der Waals surface area contributed by atoms with Crippen LogP contribution < -0.4 is 9.33 Å². The van der Waals surface area contributed by atoms with E-state index in [2.05, 4.69) is 19.6 Å². The number of fused-ring (bicyclic) bond motifs is 1. The molecule has 1 aromatic carbocycles. The number of rotatable bonds is 3. The molecule has 1 aromatic rings. The lowest BCUT2D eigenvalue weighted by Crippen LogP contribution is -2.45. The molecular weight excluding hydrogens is 326 g/mol. The first-order valence-corrected chi connectivity index (χ1v) is 11.4. The van der Waals surface area contributed by atoms with Gasteiger partial charge in [-0.05, 0) is 52.0 Å². The second-order valence-electron chi connectivity index (χ2n) is 7.91. The molecule has 0 saturated heterocycles. The van der Waals surface area contributed by atoms with E-state index in [1.54, 1.807) is 26.8 Å². The van der Waals surface area contributed by atoms with E-state index in [1.165, 1.54) is 4.90 Å². The number of carboxylic acids is 1. The van der Waals surface area contributed by atoms with E-state index < -0.39 is 32.0 Å². The lowest BCUT2D eigenvalue weighted by molar-refractivity contribution is -0.138. The molecule has 0 saturated carbocycles. The monoisotopic (exact) mass is 351 g/mol. The number of nitrogens with zero attached hydrogens (tertiary/aromatic N) is 1. The minimum atomic E-state index is -1.81. The Morgan fingerprint density at radius 3 is 2.38 bits per heavy atom. The van der Waals surface area contributed by atoms with Crippen LogP contribution in [0.15, 0.2) is 18.2 Å². The first-order valence-electron chi connectivity index (χ1n) is 7.94. The van der Waals surface area contributed by atoms with Gasteiger partial charge < -0.3 is 14.3 Å². The molecule has 7 heteroatoms. The third kappa shape index (κ3) is 4.28. The van der Waals surface area contributed by atoms with Gasteiger partial charge in [0.05, 0.1) is 5.69 Å². The van der Waals surface area contributed by atoms with Crippen molar-refractivity contribution in [3.63, 3.8) is 0 Å². The van der Waals surface area contributed by atoms with Crippen molar-refractivity contribution in [2.24, 2.45) is 0 Å². The quantitative estimate of drug-likeness (QED) is 0.841. The molecule has 0 spiro atoms. The van der Waals surface area contributed by atoms with Gasteiger partial charge >= 0.3 is 12.1 Å². The molecule has 0 radical (unpaired) electrons. The van der Waals surface area contributed by atoms with Crippen molar-refractivity contribution in [1.82, 2.24) is 0 Å². The van der Waals surface area contributed by atoms with E-state index in [9.17, 15) is 14.7 Å². The van der Waals surface area contributed by atoms with E-state index in [4.69, 9.17) is 9.16 Å². The average molecular weight is 351 g/mol. The lowest BCUT2D eigenvalue weighted by Gasteiger charge is -2.28. The van der Waals surface area contributed by atoms with Crippen LogP contribution >= 0.6 is 0 Å². The Morgan fingerprint density at radius 1 is 1.25 bits per heavy atom. The highest BCUT2D eigenvalue weighted by Crippen LogP contribution is 2.37. The van der Waals surface area contributed by atoms with Gasteiger partial charge in [-0.2, -0.15) is 0 Å². The van der Waals surface area contributed by atoms with E-state index in [1.807, 2.05) is 12.1 Å². The van der Waals surface area contributed by atoms with Crippen molar-refractivity contribution in [3.8, 4) is 5.75 Å². The summed E-state index contributed by atoms with van der Waals surface area (Å²) < 4.78 is 11.4. The number of amides is 1. The Balaban J connectivity index is 2.39. The van der Waals surface area contributed by atoms with Crippen molar-refractivity contribution in [3.05, 3.63) is 23.8 Å². The smallest absolute Gasteiger partial charge is 0.415 e. The summed E-state index contributed by atoms with van der Waals surface area (Å²) in [5.74, 6) is -0.405. The fourth-order valence-electron chi connectivity index (χ4n) is 2.56. The number of hydrogen-bond acceptors (Lipinski definition) is 4. The summed E-state index contributed by atoms with van der Waals surface area (Å²) >= 11 is 0. The summed E-state index contributed by atoms with van der Waals surface area (Å²) in [7, 11) is -1.81. The largest absolute Gasteiger partial charge is 0.544 e. The number of carboxylic acid groups (broad SMARTS) is 1. The third-order valence-corrected chi connectivity index (χ3v) is 4.19. The van der Waals surface area contributed by atoms with Crippen molar-refractivity contribution < 1.29 is 23.9 Å². The molecule has 1 amide bonds. The highest BCUT2D eigenvalue weighted by atomic mass is 28.4. The number of aliphatic carboxylic acids is 1. The van der Waals surface area contributed by atoms with Crippen LogP contribution in [0.2, 0.25) is 19.6 Å². The van der Waals surface area contributed by atoms with Crippen molar-refractivity contribution in [2.75, 3.05) is 4.90 Å². The van der Waals surface area contributed by atoms with Gasteiger partial charge in [0.15, 0.2) is 0 Å². The Hall–Kier alpha value is -2.02. The molecule has 0 fully saturated rings. The van der Waals surface area contributed by atoms with Gasteiger partial charge in [0.2, 0.25) is 8.32 Å². The summed E-state index contributed by atoms with van der Waals surface area (Å²) in [6.07, 6.45) is -0.393. The van der Waals surface area contributed by atoms with Gasteiger partial charge in [0, 0.05) is 12.5 Å². The fraction of sp³-hybridized carbons (Fsp3) is 0.529.